The Hall–Kier alpha value is -1.70. The Morgan fingerprint density at radius 2 is 2.14 bits per heavy atom. The van der Waals surface area contributed by atoms with Gasteiger partial charge in [-0.25, -0.2) is 0 Å². The lowest BCUT2D eigenvalue weighted by Gasteiger charge is -2.28. The maximum absolute atomic E-state index is 11.9. The van der Waals surface area contributed by atoms with Crippen LogP contribution in [0.5, 0.6) is 0 Å². The van der Waals surface area contributed by atoms with E-state index in [1.165, 1.54) is 18.2 Å². The van der Waals surface area contributed by atoms with E-state index in [1.54, 1.807) is 0 Å². The van der Waals surface area contributed by atoms with Crippen LogP contribution < -0.4 is 5.32 Å². The molecule has 1 aliphatic heterocycles. The first-order valence-corrected chi connectivity index (χ1v) is 6.97. The molecule has 0 spiro atoms. The highest BCUT2D eigenvalue weighted by Crippen LogP contribution is 2.27. The third-order valence-corrected chi connectivity index (χ3v) is 3.67. The summed E-state index contributed by atoms with van der Waals surface area (Å²) < 4.78 is 0. The van der Waals surface area contributed by atoms with Crippen LogP contribution in [-0.2, 0) is 4.79 Å². The second-order valence-corrected chi connectivity index (χ2v) is 5.39. The van der Waals surface area contributed by atoms with Crippen molar-refractivity contribution >= 4 is 28.9 Å². The Labute approximate surface area is 126 Å². The molecule has 0 saturated carbocycles. The van der Waals surface area contributed by atoms with Crippen molar-refractivity contribution in [1.29, 1.82) is 0 Å². The summed E-state index contributed by atoms with van der Waals surface area (Å²) in [5.41, 5.74) is 0.101. The van der Waals surface area contributed by atoms with E-state index in [0.717, 1.165) is 0 Å². The molecule has 1 heterocycles. The average molecular weight is 314 g/mol. The molecule has 21 heavy (non-hydrogen) atoms. The van der Waals surface area contributed by atoms with Gasteiger partial charge in [-0.15, -0.1) is 0 Å². The summed E-state index contributed by atoms with van der Waals surface area (Å²) in [5.74, 6) is -0.247. The molecule has 2 N–H and O–H groups in total. The molecular weight excluding hydrogens is 298 g/mol. The predicted molar refractivity (Wildman–Crippen MR) is 78.4 cm³/mol. The van der Waals surface area contributed by atoms with Gasteiger partial charge >= 0.3 is 0 Å². The summed E-state index contributed by atoms with van der Waals surface area (Å²) in [6.45, 7) is 1.52. The number of halogens is 1. The summed E-state index contributed by atoms with van der Waals surface area (Å²) in [7, 11) is 0. The van der Waals surface area contributed by atoms with Gasteiger partial charge in [0.1, 0.15) is 5.02 Å². The Morgan fingerprint density at radius 1 is 1.48 bits per heavy atom. The van der Waals surface area contributed by atoms with Gasteiger partial charge < -0.3 is 10.4 Å². The lowest BCUT2D eigenvalue weighted by Crippen LogP contribution is -2.40. The predicted octanol–water partition coefficient (Wildman–Crippen LogP) is 1.64. The van der Waals surface area contributed by atoms with Crippen LogP contribution in [0.15, 0.2) is 18.2 Å². The molecule has 1 aromatic carbocycles. The quantitative estimate of drug-likeness (QED) is 0.651. The van der Waals surface area contributed by atoms with Crippen molar-refractivity contribution in [2.45, 2.75) is 18.9 Å². The van der Waals surface area contributed by atoms with Crippen LogP contribution in [0.25, 0.3) is 0 Å². The minimum absolute atomic E-state index is 0.0306. The van der Waals surface area contributed by atoms with Crippen LogP contribution in [0.3, 0.4) is 0 Å². The standard InChI is InChI=1S/C13H16ClN3O4/c14-11-2-1-9(7-12(11)17(20)21)15-13(19)8-16-5-3-10(18)4-6-16/h1-2,7,10,18H,3-6,8H2,(H,15,19). The fourth-order valence-corrected chi connectivity index (χ4v) is 2.40. The van der Waals surface area contributed by atoms with Gasteiger partial charge in [-0.1, -0.05) is 11.6 Å². The number of benzene rings is 1. The van der Waals surface area contributed by atoms with E-state index in [2.05, 4.69) is 5.32 Å². The van der Waals surface area contributed by atoms with E-state index in [4.69, 9.17) is 11.6 Å². The average Bonchev–Trinajstić information content (AvgIpc) is 2.43. The number of nitro benzene ring substituents is 1. The number of carbonyl (C=O) groups excluding carboxylic acids is 1. The van der Waals surface area contributed by atoms with Gasteiger partial charge in [0, 0.05) is 24.8 Å². The van der Waals surface area contributed by atoms with Crippen molar-refractivity contribution < 1.29 is 14.8 Å². The van der Waals surface area contributed by atoms with Gasteiger partial charge in [0.2, 0.25) is 5.91 Å². The molecule has 8 heteroatoms. The van der Waals surface area contributed by atoms with Crippen LogP contribution in [-0.4, -0.2) is 46.6 Å². The molecule has 0 aliphatic carbocycles. The summed E-state index contributed by atoms with van der Waals surface area (Å²) in [6.07, 6.45) is 1.02. The SMILES string of the molecule is O=C(CN1CCC(O)CC1)Nc1ccc(Cl)c([N+](=O)[O-])c1. The summed E-state index contributed by atoms with van der Waals surface area (Å²) >= 11 is 5.71. The number of amides is 1. The molecule has 0 radical (unpaired) electrons. The van der Waals surface area contributed by atoms with Crippen molar-refractivity contribution in [2.24, 2.45) is 0 Å². The number of nitrogens with zero attached hydrogens (tertiary/aromatic N) is 2. The number of nitrogens with one attached hydrogen (secondary N) is 1. The molecule has 0 unspecified atom stereocenters. The van der Waals surface area contributed by atoms with Crippen LogP contribution in [0.1, 0.15) is 12.8 Å². The summed E-state index contributed by atoms with van der Waals surface area (Å²) in [4.78, 5) is 24.0. The number of hydrogen-bond acceptors (Lipinski definition) is 5. The van der Waals surface area contributed by atoms with Crippen LogP contribution in [0.2, 0.25) is 5.02 Å². The van der Waals surface area contributed by atoms with Crippen molar-refractivity contribution in [3.63, 3.8) is 0 Å². The second-order valence-electron chi connectivity index (χ2n) is 4.98. The number of rotatable bonds is 4. The number of nitro groups is 1. The third kappa shape index (κ3) is 4.38. The Kier molecular flexibility index (Phi) is 5.11. The van der Waals surface area contributed by atoms with Crippen molar-refractivity contribution in [3.8, 4) is 0 Å². The zero-order chi connectivity index (χ0) is 15.4. The monoisotopic (exact) mass is 313 g/mol. The van der Waals surface area contributed by atoms with Crippen LogP contribution in [0, 0.1) is 10.1 Å². The number of likely N-dealkylation sites (tertiary alicyclic amines) is 1. The highest BCUT2D eigenvalue weighted by molar-refractivity contribution is 6.32. The van der Waals surface area contributed by atoms with Crippen molar-refractivity contribution in [2.75, 3.05) is 25.0 Å². The van der Waals surface area contributed by atoms with E-state index in [-0.39, 0.29) is 29.3 Å². The van der Waals surface area contributed by atoms with Gasteiger partial charge in [0.05, 0.1) is 17.6 Å². The van der Waals surface area contributed by atoms with E-state index in [0.29, 0.717) is 31.6 Å². The minimum atomic E-state index is -0.593. The second kappa shape index (κ2) is 6.84. The molecule has 1 aliphatic rings. The van der Waals surface area contributed by atoms with Crippen molar-refractivity contribution in [3.05, 3.63) is 33.3 Å². The van der Waals surface area contributed by atoms with Crippen molar-refractivity contribution in [1.82, 2.24) is 4.90 Å². The first kappa shape index (κ1) is 15.7. The zero-order valence-electron chi connectivity index (χ0n) is 11.3. The molecule has 2 rings (SSSR count). The molecule has 0 bridgehead atoms. The molecular formula is C13H16ClN3O4. The Balaban J connectivity index is 1.93. The van der Waals surface area contributed by atoms with E-state index in [1.807, 2.05) is 4.90 Å². The highest BCUT2D eigenvalue weighted by Gasteiger charge is 2.19. The molecule has 0 aromatic heterocycles. The minimum Gasteiger partial charge on any atom is -0.393 e. The van der Waals surface area contributed by atoms with Gasteiger partial charge in [-0.2, -0.15) is 0 Å². The zero-order valence-corrected chi connectivity index (χ0v) is 12.0. The molecule has 1 fully saturated rings. The van der Waals surface area contributed by atoms with Crippen LogP contribution >= 0.6 is 11.6 Å². The smallest absolute Gasteiger partial charge is 0.289 e. The molecule has 7 nitrogen and oxygen atoms in total. The highest BCUT2D eigenvalue weighted by atomic mass is 35.5. The Bertz CT molecular complexity index is 544. The topological polar surface area (TPSA) is 95.7 Å². The first-order chi connectivity index (χ1) is 9.95. The maximum Gasteiger partial charge on any atom is 0.289 e. The lowest BCUT2D eigenvalue weighted by molar-refractivity contribution is -0.384. The maximum atomic E-state index is 11.9. The number of aliphatic hydroxyl groups excluding tert-OH is 1. The van der Waals surface area contributed by atoms with Gasteiger partial charge in [-0.05, 0) is 25.0 Å². The molecule has 1 amide bonds. The fraction of sp³-hybridized carbons (Fsp3) is 0.462. The fourth-order valence-electron chi connectivity index (χ4n) is 2.21. The van der Waals surface area contributed by atoms with E-state index < -0.39 is 4.92 Å². The molecule has 114 valence electrons. The number of hydrogen-bond donors (Lipinski definition) is 2. The lowest BCUT2D eigenvalue weighted by atomic mass is 10.1. The van der Waals surface area contributed by atoms with Gasteiger partial charge in [-0.3, -0.25) is 19.8 Å². The number of aliphatic hydroxyl groups is 1. The van der Waals surface area contributed by atoms with E-state index in [9.17, 15) is 20.0 Å². The molecule has 1 saturated heterocycles. The van der Waals surface area contributed by atoms with Gasteiger partial charge in [0.15, 0.2) is 0 Å². The number of piperidine rings is 1. The van der Waals surface area contributed by atoms with Crippen LogP contribution in [0.4, 0.5) is 11.4 Å². The molecule has 1 aromatic rings. The molecule has 0 atom stereocenters. The first-order valence-electron chi connectivity index (χ1n) is 6.60. The number of carbonyl (C=O) groups is 1. The number of anilines is 1. The summed E-state index contributed by atoms with van der Waals surface area (Å²) in [5, 5.41) is 22.8. The largest absolute Gasteiger partial charge is 0.393 e. The van der Waals surface area contributed by atoms with Gasteiger partial charge in [0.25, 0.3) is 5.69 Å². The third-order valence-electron chi connectivity index (χ3n) is 3.35. The summed E-state index contributed by atoms with van der Waals surface area (Å²) in [6, 6.07) is 4.14. The van der Waals surface area contributed by atoms with E-state index >= 15 is 0 Å². The normalized spacial score (nSPS) is 16.7. The Morgan fingerprint density at radius 3 is 2.76 bits per heavy atom.